The number of carbonyl (C=O) groups excluding carboxylic acids is 2. The molecule has 11 heteroatoms. The van der Waals surface area contributed by atoms with Crippen LogP contribution in [0.15, 0.2) is 41.3 Å². The smallest absolute Gasteiger partial charge is 0.254 e. The third-order valence-electron chi connectivity index (χ3n) is 4.53. The van der Waals surface area contributed by atoms with Gasteiger partial charge in [0.05, 0.1) is 23.7 Å². The summed E-state index contributed by atoms with van der Waals surface area (Å²) in [5.41, 5.74) is 0.547. The van der Waals surface area contributed by atoms with E-state index in [0.29, 0.717) is 10.7 Å². The van der Waals surface area contributed by atoms with Crippen molar-refractivity contribution in [2.24, 2.45) is 0 Å². The van der Waals surface area contributed by atoms with E-state index in [1.165, 1.54) is 43.3 Å². The third kappa shape index (κ3) is 5.88. The Labute approximate surface area is 190 Å². The summed E-state index contributed by atoms with van der Waals surface area (Å²) >= 11 is 11.8. The van der Waals surface area contributed by atoms with Crippen molar-refractivity contribution in [3.8, 4) is 5.75 Å². The molecule has 1 saturated carbocycles. The standard InChI is InChI=1S/C20H21Cl2N3O5S/c1-25(11-19(26)23-14-6-7-15(21)16(22)10-14)20(27)12-3-8-17(30-2)18(9-12)31(28,29)24-13-4-5-13/h3,6-10,13,24H,4-5,11H2,1-2H3,(H,23,26). The maximum absolute atomic E-state index is 12.8. The number of hydrogen-bond acceptors (Lipinski definition) is 5. The molecule has 0 spiro atoms. The van der Waals surface area contributed by atoms with E-state index in [1.54, 1.807) is 12.1 Å². The van der Waals surface area contributed by atoms with Crippen LogP contribution in [0.3, 0.4) is 0 Å². The lowest BCUT2D eigenvalue weighted by atomic mass is 10.2. The molecule has 0 aliphatic heterocycles. The van der Waals surface area contributed by atoms with Crippen LogP contribution in [0, 0.1) is 0 Å². The van der Waals surface area contributed by atoms with Crippen molar-refractivity contribution in [1.29, 1.82) is 0 Å². The van der Waals surface area contributed by atoms with Crippen LogP contribution < -0.4 is 14.8 Å². The van der Waals surface area contributed by atoms with Gasteiger partial charge in [0.15, 0.2) is 0 Å². The number of nitrogens with one attached hydrogen (secondary N) is 2. The fourth-order valence-electron chi connectivity index (χ4n) is 2.79. The quantitative estimate of drug-likeness (QED) is 0.597. The summed E-state index contributed by atoms with van der Waals surface area (Å²) in [5, 5.41) is 3.27. The van der Waals surface area contributed by atoms with Crippen molar-refractivity contribution in [3.05, 3.63) is 52.0 Å². The molecule has 2 amide bonds. The Morgan fingerprint density at radius 2 is 1.84 bits per heavy atom. The first-order valence-corrected chi connectivity index (χ1v) is 11.6. The highest BCUT2D eigenvalue weighted by atomic mass is 35.5. The highest BCUT2D eigenvalue weighted by molar-refractivity contribution is 7.89. The van der Waals surface area contributed by atoms with E-state index in [4.69, 9.17) is 27.9 Å². The molecule has 3 rings (SSSR count). The van der Waals surface area contributed by atoms with Gasteiger partial charge in [0.1, 0.15) is 10.6 Å². The molecule has 0 atom stereocenters. The summed E-state index contributed by atoms with van der Waals surface area (Å²) in [4.78, 5) is 26.2. The lowest BCUT2D eigenvalue weighted by molar-refractivity contribution is -0.116. The first-order chi connectivity index (χ1) is 14.6. The monoisotopic (exact) mass is 485 g/mol. The summed E-state index contributed by atoms with van der Waals surface area (Å²) in [7, 11) is -1.05. The first kappa shape index (κ1) is 23.3. The fourth-order valence-corrected chi connectivity index (χ4v) is 4.58. The van der Waals surface area contributed by atoms with E-state index in [2.05, 4.69) is 10.0 Å². The van der Waals surface area contributed by atoms with Gasteiger partial charge in [-0.25, -0.2) is 13.1 Å². The molecule has 31 heavy (non-hydrogen) atoms. The van der Waals surface area contributed by atoms with Crippen molar-refractivity contribution in [1.82, 2.24) is 9.62 Å². The number of likely N-dealkylation sites (N-methyl/N-ethyl adjacent to an activating group) is 1. The number of anilines is 1. The highest BCUT2D eigenvalue weighted by Crippen LogP contribution is 2.29. The van der Waals surface area contributed by atoms with Crippen molar-refractivity contribution in [2.45, 2.75) is 23.8 Å². The van der Waals surface area contributed by atoms with Crippen LogP contribution in [-0.4, -0.2) is 51.9 Å². The van der Waals surface area contributed by atoms with Gasteiger partial charge in [-0.3, -0.25) is 9.59 Å². The molecular weight excluding hydrogens is 465 g/mol. The number of benzene rings is 2. The zero-order chi connectivity index (χ0) is 22.8. The van der Waals surface area contributed by atoms with E-state index in [9.17, 15) is 18.0 Å². The molecule has 0 radical (unpaired) electrons. The molecule has 0 aromatic heterocycles. The maximum atomic E-state index is 12.8. The van der Waals surface area contributed by atoms with Crippen molar-refractivity contribution < 1.29 is 22.7 Å². The van der Waals surface area contributed by atoms with Crippen molar-refractivity contribution in [3.63, 3.8) is 0 Å². The van der Waals surface area contributed by atoms with E-state index in [0.717, 1.165) is 12.8 Å². The molecular formula is C20H21Cl2N3O5S. The molecule has 166 valence electrons. The lowest BCUT2D eigenvalue weighted by Crippen LogP contribution is -2.35. The van der Waals surface area contributed by atoms with E-state index in [-0.39, 0.29) is 33.8 Å². The lowest BCUT2D eigenvalue weighted by Gasteiger charge is -2.18. The van der Waals surface area contributed by atoms with Gasteiger partial charge >= 0.3 is 0 Å². The zero-order valence-electron chi connectivity index (χ0n) is 16.8. The molecule has 1 aliphatic carbocycles. The normalized spacial score (nSPS) is 13.5. The second-order valence-electron chi connectivity index (χ2n) is 7.10. The molecule has 0 heterocycles. The minimum absolute atomic E-state index is 0.0956. The second-order valence-corrected chi connectivity index (χ2v) is 9.60. The molecule has 0 saturated heterocycles. The summed E-state index contributed by atoms with van der Waals surface area (Å²) in [6.45, 7) is -0.256. The van der Waals surface area contributed by atoms with Crippen LogP contribution in [-0.2, 0) is 14.8 Å². The number of halogens is 2. The average Bonchev–Trinajstić information content (AvgIpc) is 3.52. The Hall–Kier alpha value is -2.33. The topological polar surface area (TPSA) is 105 Å². The fraction of sp³-hybridized carbons (Fsp3) is 0.300. The van der Waals surface area contributed by atoms with Crippen LogP contribution in [0.25, 0.3) is 0 Å². The van der Waals surface area contributed by atoms with Gasteiger partial charge in [-0.05, 0) is 49.2 Å². The van der Waals surface area contributed by atoms with Crippen molar-refractivity contribution >= 4 is 50.7 Å². The van der Waals surface area contributed by atoms with Crippen LogP contribution >= 0.6 is 23.2 Å². The summed E-state index contributed by atoms with van der Waals surface area (Å²) in [6, 6.07) is 8.64. The number of nitrogens with zero attached hydrogens (tertiary/aromatic N) is 1. The molecule has 1 aliphatic rings. The minimum atomic E-state index is -3.84. The van der Waals surface area contributed by atoms with Gasteiger partial charge in [-0.15, -0.1) is 0 Å². The van der Waals surface area contributed by atoms with E-state index in [1.807, 2.05) is 0 Å². The van der Waals surface area contributed by atoms with Crippen LogP contribution in [0.5, 0.6) is 5.75 Å². The van der Waals surface area contributed by atoms with Gasteiger partial charge in [-0.2, -0.15) is 0 Å². The highest BCUT2D eigenvalue weighted by Gasteiger charge is 2.30. The van der Waals surface area contributed by atoms with Crippen molar-refractivity contribution in [2.75, 3.05) is 26.0 Å². The Kier molecular flexibility index (Phi) is 7.10. The van der Waals surface area contributed by atoms with Crippen LogP contribution in [0.2, 0.25) is 10.0 Å². The molecule has 0 unspecified atom stereocenters. The number of hydrogen-bond donors (Lipinski definition) is 2. The summed E-state index contributed by atoms with van der Waals surface area (Å²) in [5.74, 6) is -0.842. The van der Waals surface area contributed by atoms with E-state index < -0.39 is 21.8 Å². The Morgan fingerprint density at radius 3 is 2.45 bits per heavy atom. The average molecular weight is 486 g/mol. The number of methoxy groups -OCH3 is 1. The minimum Gasteiger partial charge on any atom is -0.495 e. The Morgan fingerprint density at radius 1 is 1.13 bits per heavy atom. The zero-order valence-corrected chi connectivity index (χ0v) is 19.1. The molecule has 8 nitrogen and oxygen atoms in total. The summed E-state index contributed by atoms with van der Waals surface area (Å²) < 4.78 is 33.0. The predicted molar refractivity (Wildman–Crippen MR) is 118 cm³/mol. The number of ether oxygens (including phenoxy) is 1. The number of sulfonamides is 1. The van der Waals surface area contributed by atoms with Crippen LogP contribution in [0.4, 0.5) is 5.69 Å². The molecule has 1 fully saturated rings. The van der Waals surface area contributed by atoms with Gasteiger partial charge < -0.3 is 15.0 Å². The number of carbonyl (C=O) groups is 2. The predicted octanol–water partition coefficient (Wildman–Crippen LogP) is 3.15. The van der Waals surface area contributed by atoms with Crippen LogP contribution in [0.1, 0.15) is 23.2 Å². The second kappa shape index (κ2) is 9.44. The van der Waals surface area contributed by atoms with Gasteiger partial charge in [0.2, 0.25) is 15.9 Å². The largest absolute Gasteiger partial charge is 0.495 e. The molecule has 2 aromatic carbocycles. The summed E-state index contributed by atoms with van der Waals surface area (Å²) in [6.07, 6.45) is 1.55. The third-order valence-corrected chi connectivity index (χ3v) is 6.81. The van der Waals surface area contributed by atoms with Gasteiger partial charge in [-0.1, -0.05) is 23.2 Å². The Balaban J connectivity index is 1.72. The molecule has 2 N–H and O–H groups in total. The molecule has 0 bridgehead atoms. The van der Waals surface area contributed by atoms with Gasteiger partial charge in [0, 0.05) is 24.3 Å². The first-order valence-electron chi connectivity index (χ1n) is 9.31. The SMILES string of the molecule is COc1ccc(C(=O)N(C)CC(=O)Nc2ccc(Cl)c(Cl)c2)cc1S(=O)(=O)NC1CC1. The number of rotatable bonds is 8. The number of amides is 2. The maximum Gasteiger partial charge on any atom is 0.254 e. The Bertz CT molecular complexity index is 1120. The molecule has 2 aromatic rings. The van der Waals surface area contributed by atoms with E-state index >= 15 is 0 Å². The van der Waals surface area contributed by atoms with Gasteiger partial charge in [0.25, 0.3) is 5.91 Å².